The smallest absolute Gasteiger partial charge is 0.271 e. The van der Waals surface area contributed by atoms with Gasteiger partial charge in [0.05, 0.1) is 11.1 Å². The van der Waals surface area contributed by atoms with Crippen molar-refractivity contribution in [1.29, 1.82) is 0 Å². The van der Waals surface area contributed by atoms with E-state index in [0.29, 0.717) is 19.1 Å². The lowest BCUT2D eigenvalue weighted by Gasteiger charge is -2.16. The molecule has 0 fully saturated rings. The fourth-order valence-electron chi connectivity index (χ4n) is 1.87. The van der Waals surface area contributed by atoms with Gasteiger partial charge in [-0.05, 0) is 6.07 Å². The van der Waals surface area contributed by atoms with Crippen molar-refractivity contribution in [3.05, 3.63) is 41.8 Å². The number of aryl methyl sites for hydroxylation is 1. The van der Waals surface area contributed by atoms with Crippen molar-refractivity contribution in [1.82, 2.24) is 5.16 Å². The van der Waals surface area contributed by atoms with Crippen LogP contribution in [0.5, 0.6) is 0 Å². The Morgan fingerprint density at radius 1 is 1.33 bits per heavy atom. The summed E-state index contributed by atoms with van der Waals surface area (Å²) in [6.07, 6.45) is 1.62. The highest BCUT2D eigenvalue weighted by atomic mass is 32.2. The van der Waals surface area contributed by atoms with Crippen LogP contribution in [0, 0.1) is 0 Å². The van der Waals surface area contributed by atoms with Crippen LogP contribution in [-0.4, -0.2) is 13.6 Å². The van der Waals surface area contributed by atoms with E-state index in [1.54, 1.807) is 6.92 Å². The number of anilines is 1. The number of nitrogens with zero attached hydrogens (tertiary/aromatic N) is 1. The molecule has 8 heteroatoms. The van der Waals surface area contributed by atoms with Gasteiger partial charge in [-0.2, -0.15) is 0 Å². The Morgan fingerprint density at radius 2 is 2.00 bits per heavy atom. The third-order valence-electron chi connectivity index (χ3n) is 2.86. The third kappa shape index (κ3) is 3.21. The van der Waals surface area contributed by atoms with E-state index in [4.69, 9.17) is 4.52 Å². The number of rotatable bonds is 5. The highest BCUT2D eigenvalue weighted by Crippen LogP contribution is 2.33. The molecule has 114 valence electrons. The first-order valence-corrected chi connectivity index (χ1v) is 7.67. The Balaban J connectivity index is 2.46. The summed E-state index contributed by atoms with van der Waals surface area (Å²) < 4.78 is 58.8. The van der Waals surface area contributed by atoms with Gasteiger partial charge in [0.2, 0.25) is 0 Å². The molecular weight excluding hydrogens is 302 g/mol. The minimum atomic E-state index is -4.16. The maximum absolute atomic E-state index is 13.5. The van der Waals surface area contributed by atoms with Gasteiger partial charge < -0.3 is 4.52 Å². The van der Waals surface area contributed by atoms with E-state index >= 15 is 0 Å². The average molecular weight is 316 g/mol. The Hall–Kier alpha value is -1.96. The van der Waals surface area contributed by atoms with Gasteiger partial charge in [-0.3, -0.25) is 4.72 Å². The molecule has 21 heavy (non-hydrogen) atoms. The Bertz CT molecular complexity index is 736. The molecule has 1 N–H and O–H groups in total. The molecule has 0 aliphatic heterocycles. The van der Waals surface area contributed by atoms with E-state index < -0.39 is 26.4 Å². The van der Waals surface area contributed by atoms with E-state index in [9.17, 15) is 17.2 Å². The van der Waals surface area contributed by atoms with Crippen LogP contribution >= 0.6 is 0 Å². The molecule has 0 bridgehead atoms. The molecule has 0 unspecified atom stereocenters. The van der Waals surface area contributed by atoms with Crippen molar-refractivity contribution in [2.45, 2.75) is 31.1 Å². The molecule has 0 radical (unpaired) electrons. The van der Waals surface area contributed by atoms with Crippen LogP contribution < -0.4 is 4.72 Å². The fourth-order valence-corrected chi connectivity index (χ4v) is 3.23. The Labute approximate surface area is 121 Å². The summed E-state index contributed by atoms with van der Waals surface area (Å²) in [7, 11) is -4.16. The number of benzene rings is 1. The molecule has 0 aliphatic carbocycles. The molecule has 0 atom stereocenters. The van der Waals surface area contributed by atoms with Gasteiger partial charge >= 0.3 is 0 Å². The van der Waals surface area contributed by atoms with Crippen molar-refractivity contribution in [2.75, 3.05) is 4.72 Å². The molecule has 0 saturated carbocycles. The molecule has 2 aromatic rings. The second-order valence-corrected chi connectivity index (χ2v) is 6.16. The van der Waals surface area contributed by atoms with E-state index in [-0.39, 0.29) is 5.69 Å². The summed E-state index contributed by atoms with van der Waals surface area (Å²) in [5, 5.41) is 3.49. The fraction of sp³-hybridized carbons (Fsp3) is 0.308. The summed E-state index contributed by atoms with van der Waals surface area (Å²) in [4.78, 5) is -0.472. The minimum absolute atomic E-state index is 0.145. The zero-order valence-electron chi connectivity index (χ0n) is 11.4. The Morgan fingerprint density at radius 3 is 2.62 bits per heavy atom. The summed E-state index contributed by atoms with van der Waals surface area (Å²) in [5.74, 6) is -2.94. The third-order valence-corrected chi connectivity index (χ3v) is 4.28. The molecule has 5 nitrogen and oxygen atoms in total. The summed E-state index contributed by atoms with van der Waals surface area (Å²) in [6.45, 7) is 2.41. The number of nitrogens with one attached hydrogen (secondary N) is 1. The maximum Gasteiger partial charge on any atom is 0.271 e. The van der Waals surface area contributed by atoms with E-state index in [0.717, 1.165) is 12.1 Å². The topological polar surface area (TPSA) is 72.2 Å². The Kier molecular flexibility index (Phi) is 3.99. The summed E-state index contributed by atoms with van der Waals surface area (Å²) in [5.41, 5.74) is -0.418. The van der Waals surface area contributed by atoms with Crippen LogP contribution in [0.15, 0.2) is 39.9 Å². The number of hydrogen-bond acceptors (Lipinski definition) is 4. The number of hydrogen-bond donors (Lipinski definition) is 1. The lowest BCUT2D eigenvalue weighted by atomic mass is 10.1. The predicted molar refractivity (Wildman–Crippen MR) is 72.7 cm³/mol. The van der Waals surface area contributed by atoms with Crippen molar-refractivity contribution >= 4 is 15.7 Å². The minimum Gasteiger partial charge on any atom is -0.359 e. The van der Waals surface area contributed by atoms with Crippen LogP contribution in [0.2, 0.25) is 0 Å². The molecule has 2 rings (SSSR count). The van der Waals surface area contributed by atoms with Crippen LogP contribution in [0.25, 0.3) is 0 Å². The molecular formula is C13H14F2N2O3S. The van der Waals surface area contributed by atoms with Crippen molar-refractivity contribution < 1.29 is 21.7 Å². The molecule has 0 saturated heterocycles. The first-order chi connectivity index (χ1) is 9.75. The molecule has 1 aromatic heterocycles. The molecule has 0 spiro atoms. The lowest BCUT2D eigenvalue weighted by Crippen LogP contribution is -2.19. The first kappa shape index (κ1) is 15.4. The van der Waals surface area contributed by atoms with Gasteiger partial charge in [0.1, 0.15) is 5.69 Å². The molecule has 1 heterocycles. The predicted octanol–water partition coefficient (Wildman–Crippen LogP) is 3.15. The zero-order valence-corrected chi connectivity index (χ0v) is 12.2. The highest BCUT2D eigenvalue weighted by molar-refractivity contribution is 7.92. The zero-order chi connectivity index (χ0) is 15.7. The first-order valence-electron chi connectivity index (χ1n) is 6.19. The van der Waals surface area contributed by atoms with E-state index in [2.05, 4.69) is 9.88 Å². The molecule has 0 aliphatic rings. The lowest BCUT2D eigenvalue weighted by molar-refractivity contribution is 0.0144. The van der Waals surface area contributed by atoms with Crippen molar-refractivity contribution in [3.63, 3.8) is 0 Å². The SMILES string of the molecule is CCc1oncc1NS(=O)(=O)c1ccccc1C(C)(F)F. The van der Waals surface area contributed by atoms with Crippen LogP contribution in [0.4, 0.5) is 14.5 Å². The largest absolute Gasteiger partial charge is 0.359 e. The van der Waals surface area contributed by atoms with E-state index in [1.807, 2.05) is 0 Å². The summed E-state index contributed by atoms with van der Waals surface area (Å²) >= 11 is 0. The van der Waals surface area contributed by atoms with Gasteiger partial charge in [0.15, 0.2) is 5.76 Å². The van der Waals surface area contributed by atoms with Crippen LogP contribution in [0.3, 0.4) is 0 Å². The highest BCUT2D eigenvalue weighted by Gasteiger charge is 2.32. The number of alkyl halides is 2. The number of sulfonamides is 1. The standard InChI is InChI=1S/C13H14F2N2O3S/c1-3-11-10(8-16-20-11)17-21(18,19)12-7-5-4-6-9(12)13(2,14)15/h4-8,17H,3H2,1-2H3. The van der Waals surface area contributed by atoms with Gasteiger partial charge in [-0.25, -0.2) is 17.2 Å². The van der Waals surface area contributed by atoms with Crippen molar-refractivity contribution in [2.24, 2.45) is 0 Å². The van der Waals surface area contributed by atoms with Gasteiger partial charge in [0.25, 0.3) is 15.9 Å². The number of aromatic nitrogens is 1. The van der Waals surface area contributed by atoms with Gasteiger partial charge in [-0.15, -0.1) is 0 Å². The monoisotopic (exact) mass is 316 g/mol. The molecule has 0 amide bonds. The second kappa shape index (κ2) is 5.44. The normalized spacial score (nSPS) is 12.4. The average Bonchev–Trinajstić information content (AvgIpc) is 2.84. The van der Waals surface area contributed by atoms with Crippen LogP contribution in [-0.2, 0) is 22.4 Å². The van der Waals surface area contributed by atoms with Crippen LogP contribution in [0.1, 0.15) is 25.2 Å². The van der Waals surface area contributed by atoms with E-state index in [1.165, 1.54) is 18.3 Å². The maximum atomic E-state index is 13.5. The second-order valence-electron chi connectivity index (χ2n) is 4.51. The van der Waals surface area contributed by atoms with Gasteiger partial charge in [-0.1, -0.05) is 30.3 Å². The summed E-state index contributed by atoms with van der Waals surface area (Å²) in [6, 6.07) is 4.97. The van der Waals surface area contributed by atoms with Gasteiger partial charge in [0, 0.05) is 18.9 Å². The molecule has 1 aromatic carbocycles. The quantitative estimate of drug-likeness (QED) is 0.919. The number of halogens is 2. The van der Waals surface area contributed by atoms with Crippen molar-refractivity contribution in [3.8, 4) is 0 Å².